The molecule has 63 heavy (non-hydrogen) atoms. The lowest BCUT2D eigenvalue weighted by Gasteiger charge is -2.19. The Labute approximate surface area is 364 Å². The van der Waals surface area contributed by atoms with E-state index in [4.69, 9.17) is 28.8 Å². The molecule has 4 N–H and O–H groups in total. The summed E-state index contributed by atoms with van der Waals surface area (Å²) in [7, 11) is 0. The van der Waals surface area contributed by atoms with Gasteiger partial charge in [-0.1, -0.05) is 26.0 Å². The number of ether oxygens (including phenoxy) is 5. The van der Waals surface area contributed by atoms with Crippen LogP contribution in [0.3, 0.4) is 0 Å². The quantitative estimate of drug-likeness (QED) is 0.0560. The summed E-state index contributed by atoms with van der Waals surface area (Å²) in [5.74, 6) is -3.55. The molecule has 0 atom stereocenters. The number of phenols is 1. The fourth-order valence-electron chi connectivity index (χ4n) is 4.73. The van der Waals surface area contributed by atoms with E-state index in [1.54, 1.807) is 77.9 Å². The van der Waals surface area contributed by atoms with Crippen LogP contribution < -0.4 is 24.8 Å². The molecule has 4 rings (SSSR count). The van der Waals surface area contributed by atoms with Crippen molar-refractivity contribution in [3.05, 3.63) is 107 Å². The highest BCUT2D eigenvalue weighted by Gasteiger charge is 2.20. The van der Waals surface area contributed by atoms with E-state index in [1.165, 1.54) is 38.1 Å². The summed E-state index contributed by atoms with van der Waals surface area (Å²) in [5.41, 5.74) is 1.02. The number of carboxylic acid groups (broad SMARTS) is 1. The molecule has 0 radical (unpaired) electrons. The summed E-state index contributed by atoms with van der Waals surface area (Å²) in [6.45, 7) is 16.0. The zero-order chi connectivity index (χ0) is 47.7. The fourth-order valence-corrected chi connectivity index (χ4v) is 4.73. The third-order valence-corrected chi connectivity index (χ3v) is 7.75. The SMILES string of the molecule is CC(C)(C)OC(=O)NCC(=O)O.CCc1ccc(Oc2ccc(C(C)=O)cc2F)c(O)c1.CCc1ccc(Oc2ccc(C(C)=O)cc2F)c(OC(=O)CNC(=O)OC(C)(C)C)c1. The highest BCUT2D eigenvalue weighted by atomic mass is 19.1. The van der Waals surface area contributed by atoms with Crippen LogP contribution in [-0.2, 0) is 31.9 Å². The maximum absolute atomic E-state index is 14.3. The number of carbonyl (C=O) groups excluding carboxylic acids is 5. The molecule has 0 bridgehead atoms. The van der Waals surface area contributed by atoms with E-state index in [0.717, 1.165) is 29.7 Å². The highest BCUT2D eigenvalue weighted by Crippen LogP contribution is 2.35. The van der Waals surface area contributed by atoms with Crippen molar-refractivity contribution in [2.45, 2.75) is 93.3 Å². The summed E-state index contributed by atoms with van der Waals surface area (Å²) < 4.78 is 54.3. The minimum atomic E-state index is -1.10. The Hall–Kier alpha value is -7.04. The lowest BCUT2D eigenvalue weighted by molar-refractivity contribution is -0.136. The first-order valence-corrected chi connectivity index (χ1v) is 19.6. The molecule has 0 spiro atoms. The number of aryl methyl sites for hydroxylation is 2. The molecule has 4 aromatic rings. The second kappa shape index (κ2) is 23.8. The Kier molecular flexibility index (Phi) is 19.7. The van der Waals surface area contributed by atoms with Gasteiger partial charge < -0.3 is 44.5 Å². The molecule has 0 aliphatic heterocycles. The largest absolute Gasteiger partial charge is 0.504 e. The van der Waals surface area contributed by atoms with E-state index in [2.05, 4.69) is 10.6 Å². The number of aliphatic carboxylic acids is 1. The van der Waals surface area contributed by atoms with Gasteiger partial charge >= 0.3 is 24.1 Å². The number of Topliss-reactive ketones (excluding diaryl/α,β-unsaturated/α-hetero) is 2. The number of benzene rings is 4. The number of hydrogen-bond acceptors (Lipinski definition) is 12. The number of phenolic OH excluding ortho intramolecular Hbond substituents is 1. The maximum Gasteiger partial charge on any atom is 0.408 e. The summed E-state index contributed by atoms with van der Waals surface area (Å²) in [5, 5.41) is 22.4. The van der Waals surface area contributed by atoms with E-state index in [9.17, 15) is 42.7 Å². The van der Waals surface area contributed by atoms with Crippen molar-refractivity contribution in [3.8, 4) is 34.5 Å². The lowest BCUT2D eigenvalue weighted by atomic mass is 10.1. The van der Waals surface area contributed by atoms with Crippen molar-refractivity contribution in [2.75, 3.05) is 13.1 Å². The van der Waals surface area contributed by atoms with Gasteiger partial charge in [0.25, 0.3) is 0 Å². The molecule has 0 saturated carbocycles. The summed E-state index contributed by atoms with van der Waals surface area (Å²) in [6, 6.07) is 17.7. The molecule has 0 aliphatic carbocycles. The Bertz CT molecular complexity index is 2260. The number of amides is 2. The number of nitrogens with one attached hydrogen (secondary N) is 2. The molecular weight excluding hydrogens is 827 g/mol. The molecule has 15 nitrogen and oxygen atoms in total. The molecule has 0 aliphatic rings. The number of carboxylic acids is 1. The van der Waals surface area contributed by atoms with Crippen molar-refractivity contribution >= 4 is 35.7 Å². The Morgan fingerprint density at radius 2 is 0.984 bits per heavy atom. The average molecular weight is 881 g/mol. The Morgan fingerprint density at radius 1 is 0.571 bits per heavy atom. The average Bonchev–Trinajstić information content (AvgIpc) is 3.18. The van der Waals surface area contributed by atoms with Gasteiger partial charge in [0, 0.05) is 11.1 Å². The molecule has 340 valence electrons. The van der Waals surface area contributed by atoms with Crippen LogP contribution in [0.4, 0.5) is 18.4 Å². The van der Waals surface area contributed by atoms with E-state index >= 15 is 0 Å². The standard InChI is InChI=1S/C23H26FNO6.C16H15FO3.C7H13NO4/c1-6-15-7-9-19(29-18-10-8-16(14(2)26)12-17(18)24)20(11-15)30-21(27)13-25-22(28)31-23(3,4)5;1-3-11-4-6-16(14(19)8-11)20-15-7-5-12(10(2)18)9-13(15)17;1-7(2,3)12-6(11)8-4-5(9)10/h7-12H,6,13H2,1-5H3,(H,25,28);4-9,19H,3H2,1-2H3;4H2,1-3H3,(H,8,11)(H,9,10). The van der Waals surface area contributed by atoms with Crippen molar-refractivity contribution in [1.29, 1.82) is 0 Å². The van der Waals surface area contributed by atoms with Gasteiger partial charge in [0.05, 0.1) is 0 Å². The first kappa shape index (κ1) is 52.1. The Balaban J connectivity index is 0.000000364. The summed E-state index contributed by atoms with van der Waals surface area (Å²) >= 11 is 0. The van der Waals surface area contributed by atoms with Crippen LogP contribution in [-0.4, -0.2) is 70.2 Å². The fraction of sp³-hybridized carbons (Fsp3) is 0.348. The van der Waals surface area contributed by atoms with Gasteiger partial charge in [-0.2, -0.15) is 0 Å². The number of rotatable bonds is 13. The third kappa shape index (κ3) is 19.5. The summed E-state index contributed by atoms with van der Waals surface area (Å²) in [6.07, 6.45) is -0.0150. The number of ketones is 2. The molecule has 0 unspecified atom stereocenters. The van der Waals surface area contributed by atoms with Crippen LogP contribution in [0.1, 0.15) is 101 Å². The molecular formula is C46H54F2N2O13. The minimum absolute atomic E-state index is 0.0328. The van der Waals surface area contributed by atoms with Gasteiger partial charge in [-0.05, 0) is 140 Å². The molecule has 0 heterocycles. The molecule has 0 fully saturated rings. The van der Waals surface area contributed by atoms with Crippen LogP contribution in [0.25, 0.3) is 0 Å². The zero-order valence-corrected chi connectivity index (χ0v) is 36.9. The molecule has 0 aromatic heterocycles. The second-order valence-corrected chi connectivity index (χ2v) is 15.5. The van der Waals surface area contributed by atoms with Crippen LogP contribution in [0.15, 0.2) is 72.8 Å². The van der Waals surface area contributed by atoms with Gasteiger partial charge in [0.15, 0.2) is 57.7 Å². The van der Waals surface area contributed by atoms with Gasteiger partial charge in [0.2, 0.25) is 0 Å². The topological polar surface area (TPSA) is 213 Å². The smallest absolute Gasteiger partial charge is 0.408 e. The monoisotopic (exact) mass is 880 g/mol. The minimum Gasteiger partial charge on any atom is -0.504 e. The molecule has 2 amide bonds. The molecule has 0 saturated heterocycles. The van der Waals surface area contributed by atoms with E-state index in [1.807, 2.05) is 13.8 Å². The normalized spacial score (nSPS) is 10.7. The number of aromatic hydroxyl groups is 1. The van der Waals surface area contributed by atoms with E-state index in [0.29, 0.717) is 6.42 Å². The number of carbonyl (C=O) groups is 6. The van der Waals surface area contributed by atoms with Crippen molar-refractivity contribution in [2.24, 2.45) is 0 Å². The molecule has 17 heteroatoms. The number of halogens is 2. The zero-order valence-electron chi connectivity index (χ0n) is 36.9. The lowest BCUT2D eigenvalue weighted by Crippen LogP contribution is -2.36. The highest BCUT2D eigenvalue weighted by molar-refractivity contribution is 5.94. The maximum atomic E-state index is 14.3. The van der Waals surface area contributed by atoms with Gasteiger partial charge in [-0.25, -0.2) is 23.2 Å². The van der Waals surface area contributed by atoms with Gasteiger partial charge in [-0.15, -0.1) is 0 Å². The predicted octanol–water partition coefficient (Wildman–Crippen LogP) is 9.50. The Morgan fingerprint density at radius 3 is 1.38 bits per heavy atom. The predicted molar refractivity (Wildman–Crippen MR) is 228 cm³/mol. The van der Waals surface area contributed by atoms with Gasteiger partial charge in [-0.3, -0.25) is 14.4 Å². The third-order valence-electron chi connectivity index (χ3n) is 7.75. The van der Waals surface area contributed by atoms with Crippen LogP contribution in [0.5, 0.6) is 34.5 Å². The summed E-state index contributed by atoms with van der Waals surface area (Å²) in [4.78, 5) is 67.2. The van der Waals surface area contributed by atoms with Crippen molar-refractivity contribution in [3.63, 3.8) is 0 Å². The van der Waals surface area contributed by atoms with Gasteiger partial charge in [0.1, 0.15) is 24.3 Å². The first-order chi connectivity index (χ1) is 29.3. The van der Waals surface area contributed by atoms with E-state index in [-0.39, 0.29) is 57.2 Å². The number of esters is 1. The molecule has 4 aromatic carbocycles. The van der Waals surface area contributed by atoms with Crippen LogP contribution >= 0.6 is 0 Å². The first-order valence-electron chi connectivity index (χ1n) is 19.6. The number of hydrogen-bond donors (Lipinski definition) is 4. The van der Waals surface area contributed by atoms with Crippen LogP contribution in [0, 0.1) is 11.6 Å². The number of alkyl carbamates (subject to hydrolysis) is 2. The van der Waals surface area contributed by atoms with Crippen molar-refractivity contribution < 1.29 is 71.4 Å². The second-order valence-electron chi connectivity index (χ2n) is 15.5. The van der Waals surface area contributed by atoms with Crippen LogP contribution in [0.2, 0.25) is 0 Å². The van der Waals surface area contributed by atoms with E-state index < -0.39 is 60.1 Å². The van der Waals surface area contributed by atoms with Crippen molar-refractivity contribution in [1.82, 2.24) is 10.6 Å².